The number of nitrogens with zero attached hydrogens (tertiary/aromatic N) is 2. The van der Waals surface area contributed by atoms with E-state index in [9.17, 15) is 13.2 Å². The molecule has 1 aliphatic carbocycles. The maximum atomic E-state index is 12.1. The minimum Gasteiger partial charge on any atom is -0.289 e. The van der Waals surface area contributed by atoms with Crippen LogP contribution in [0.3, 0.4) is 0 Å². The standard InChI is InChI=1S/C8H10ClF3N2/c9-6(3-13)4-14(7-1-2-7)5-8(10,11)12/h6-7H,1-2,4-5H2. The number of alkyl halides is 4. The second kappa shape index (κ2) is 4.37. The molecular formula is C8H10ClF3N2. The van der Waals surface area contributed by atoms with Gasteiger partial charge in [0.2, 0.25) is 0 Å². The van der Waals surface area contributed by atoms with Gasteiger partial charge in [0.1, 0.15) is 5.38 Å². The third-order valence-corrected chi connectivity index (χ3v) is 2.22. The molecule has 1 saturated carbocycles. The first kappa shape index (κ1) is 11.6. The van der Waals surface area contributed by atoms with Crippen molar-refractivity contribution in [3.8, 4) is 6.07 Å². The van der Waals surface area contributed by atoms with E-state index in [2.05, 4.69) is 0 Å². The Morgan fingerprint density at radius 2 is 2.07 bits per heavy atom. The first-order valence-corrected chi connectivity index (χ1v) is 4.70. The Kier molecular flexibility index (Phi) is 3.62. The van der Waals surface area contributed by atoms with E-state index in [0.29, 0.717) is 0 Å². The van der Waals surface area contributed by atoms with Crippen molar-refractivity contribution in [1.82, 2.24) is 4.90 Å². The van der Waals surface area contributed by atoms with Crippen LogP contribution in [0.1, 0.15) is 12.8 Å². The van der Waals surface area contributed by atoms with Gasteiger partial charge in [-0.15, -0.1) is 11.6 Å². The maximum Gasteiger partial charge on any atom is 0.401 e. The van der Waals surface area contributed by atoms with Gasteiger partial charge in [-0.1, -0.05) is 0 Å². The molecule has 0 spiro atoms. The van der Waals surface area contributed by atoms with Crippen LogP contribution >= 0.6 is 11.6 Å². The second-order valence-electron chi connectivity index (χ2n) is 3.37. The van der Waals surface area contributed by atoms with E-state index in [4.69, 9.17) is 16.9 Å². The van der Waals surface area contributed by atoms with E-state index < -0.39 is 18.1 Å². The average molecular weight is 227 g/mol. The van der Waals surface area contributed by atoms with Gasteiger partial charge in [0.05, 0.1) is 12.6 Å². The molecule has 1 aliphatic rings. The number of rotatable bonds is 4. The molecule has 6 heteroatoms. The average Bonchev–Trinajstić information content (AvgIpc) is 2.82. The summed E-state index contributed by atoms with van der Waals surface area (Å²) in [6.45, 7) is -0.981. The van der Waals surface area contributed by atoms with Gasteiger partial charge in [-0.3, -0.25) is 4.90 Å². The van der Waals surface area contributed by atoms with Crippen molar-refractivity contribution < 1.29 is 13.2 Å². The molecule has 14 heavy (non-hydrogen) atoms. The third-order valence-electron chi connectivity index (χ3n) is 1.98. The van der Waals surface area contributed by atoms with E-state index in [1.165, 1.54) is 4.90 Å². The van der Waals surface area contributed by atoms with Crippen LogP contribution in [0.25, 0.3) is 0 Å². The fourth-order valence-electron chi connectivity index (χ4n) is 1.26. The summed E-state index contributed by atoms with van der Waals surface area (Å²) in [6.07, 6.45) is -2.68. The monoisotopic (exact) mass is 226 g/mol. The van der Waals surface area contributed by atoms with Gasteiger partial charge in [-0.2, -0.15) is 18.4 Å². The Labute approximate surface area is 85.2 Å². The lowest BCUT2D eigenvalue weighted by Gasteiger charge is -2.23. The Hall–Kier alpha value is -0.470. The normalized spacial score (nSPS) is 19.4. The summed E-state index contributed by atoms with van der Waals surface area (Å²) >= 11 is 5.49. The Balaban J connectivity index is 2.44. The molecular weight excluding hydrogens is 217 g/mol. The van der Waals surface area contributed by atoms with Crippen LogP contribution in [0, 0.1) is 11.3 Å². The smallest absolute Gasteiger partial charge is 0.289 e. The van der Waals surface area contributed by atoms with Crippen LogP contribution in [0.4, 0.5) is 13.2 Å². The molecule has 1 rings (SSSR count). The lowest BCUT2D eigenvalue weighted by molar-refractivity contribution is -0.146. The maximum absolute atomic E-state index is 12.1. The van der Waals surface area contributed by atoms with E-state index in [1.54, 1.807) is 6.07 Å². The molecule has 0 saturated heterocycles. The zero-order valence-corrected chi connectivity index (χ0v) is 8.15. The van der Waals surface area contributed by atoms with Gasteiger partial charge in [-0.05, 0) is 12.8 Å². The molecule has 0 N–H and O–H groups in total. The lowest BCUT2D eigenvalue weighted by Crippen LogP contribution is -2.39. The SMILES string of the molecule is N#CC(Cl)CN(CC(F)(F)F)C1CC1. The first-order valence-electron chi connectivity index (χ1n) is 4.27. The van der Waals surface area contributed by atoms with Gasteiger partial charge in [0, 0.05) is 12.6 Å². The molecule has 0 aromatic rings. The van der Waals surface area contributed by atoms with Crippen LogP contribution in [-0.2, 0) is 0 Å². The van der Waals surface area contributed by atoms with Crippen LogP contribution in [0.2, 0.25) is 0 Å². The molecule has 0 bridgehead atoms. The van der Waals surface area contributed by atoms with Crippen molar-refractivity contribution in [1.29, 1.82) is 5.26 Å². The number of hydrogen-bond donors (Lipinski definition) is 0. The summed E-state index contributed by atoms with van der Waals surface area (Å²) in [5.41, 5.74) is 0. The predicted molar refractivity (Wildman–Crippen MR) is 45.9 cm³/mol. The summed E-state index contributed by atoms with van der Waals surface area (Å²) in [5, 5.41) is 7.53. The minimum atomic E-state index is -4.21. The molecule has 1 atom stereocenters. The number of hydrogen-bond acceptors (Lipinski definition) is 2. The van der Waals surface area contributed by atoms with E-state index in [-0.39, 0.29) is 12.6 Å². The van der Waals surface area contributed by atoms with Crippen LogP contribution in [-0.4, -0.2) is 35.6 Å². The van der Waals surface area contributed by atoms with E-state index >= 15 is 0 Å². The predicted octanol–water partition coefficient (Wildman–Crippen LogP) is 2.14. The van der Waals surface area contributed by atoms with E-state index in [0.717, 1.165) is 12.8 Å². The molecule has 0 aromatic heterocycles. The quantitative estimate of drug-likeness (QED) is 0.687. The Morgan fingerprint density at radius 1 is 1.50 bits per heavy atom. The molecule has 2 nitrogen and oxygen atoms in total. The second-order valence-corrected chi connectivity index (χ2v) is 3.90. The summed E-state index contributed by atoms with van der Waals surface area (Å²) in [5.74, 6) is 0. The van der Waals surface area contributed by atoms with E-state index in [1.807, 2.05) is 0 Å². The molecule has 0 aliphatic heterocycles. The highest BCUT2D eigenvalue weighted by Crippen LogP contribution is 2.30. The fraction of sp³-hybridized carbons (Fsp3) is 0.875. The highest BCUT2D eigenvalue weighted by molar-refractivity contribution is 6.22. The summed E-state index contributed by atoms with van der Waals surface area (Å²) in [7, 11) is 0. The topological polar surface area (TPSA) is 27.0 Å². The van der Waals surface area contributed by atoms with Gasteiger partial charge in [0.15, 0.2) is 0 Å². The molecule has 0 aromatic carbocycles. The zero-order valence-electron chi connectivity index (χ0n) is 7.39. The third kappa shape index (κ3) is 4.16. The Morgan fingerprint density at radius 3 is 2.43 bits per heavy atom. The van der Waals surface area contributed by atoms with Gasteiger partial charge in [-0.25, -0.2) is 0 Å². The van der Waals surface area contributed by atoms with Crippen molar-refractivity contribution in [3.05, 3.63) is 0 Å². The molecule has 0 heterocycles. The van der Waals surface area contributed by atoms with Crippen molar-refractivity contribution in [2.75, 3.05) is 13.1 Å². The summed E-state index contributed by atoms with van der Waals surface area (Å²) < 4.78 is 36.2. The largest absolute Gasteiger partial charge is 0.401 e. The van der Waals surface area contributed by atoms with Crippen molar-refractivity contribution in [3.63, 3.8) is 0 Å². The number of nitriles is 1. The van der Waals surface area contributed by atoms with Crippen molar-refractivity contribution in [2.45, 2.75) is 30.4 Å². The minimum absolute atomic E-state index is 0.0117. The van der Waals surface area contributed by atoms with Crippen molar-refractivity contribution in [2.24, 2.45) is 0 Å². The summed E-state index contributed by atoms with van der Waals surface area (Å²) in [6, 6.07) is 1.68. The van der Waals surface area contributed by atoms with Crippen molar-refractivity contribution >= 4 is 11.6 Å². The molecule has 80 valence electrons. The van der Waals surface area contributed by atoms with Crippen LogP contribution in [0.5, 0.6) is 0 Å². The number of halogens is 4. The highest BCUT2D eigenvalue weighted by atomic mass is 35.5. The zero-order chi connectivity index (χ0) is 10.8. The highest BCUT2D eigenvalue weighted by Gasteiger charge is 2.38. The molecule has 1 fully saturated rings. The van der Waals surface area contributed by atoms with Gasteiger partial charge < -0.3 is 0 Å². The Bertz CT molecular complexity index is 232. The molecule has 1 unspecified atom stereocenters. The van der Waals surface area contributed by atoms with Gasteiger partial charge >= 0.3 is 6.18 Å². The van der Waals surface area contributed by atoms with Crippen LogP contribution in [0.15, 0.2) is 0 Å². The summed E-state index contributed by atoms with van der Waals surface area (Å²) in [4.78, 5) is 1.24. The lowest BCUT2D eigenvalue weighted by atomic mass is 10.3. The fourth-order valence-corrected chi connectivity index (χ4v) is 1.44. The molecule has 0 amide bonds. The molecule has 0 radical (unpaired) electrons. The first-order chi connectivity index (χ1) is 6.42. The van der Waals surface area contributed by atoms with Gasteiger partial charge in [0.25, 0.3) is 0 Å². The van der Waals surface area contributed by atoms with Crippen LogP contribution < -0.4 is 0 Å².